The highest BCUT2D eigenvalue weighted by Gasteiger charge is 2.10. The second-order valence-electron chi connectivity index (χ2n) is 5.37. The summed E-state index contributed by atoms with van der Waals surface area (Å²) in [4.78, 5) is 20.7. The minimum Gasteiger partial charge on any atom is -0.323 e. The average molecular weight is 353 g/mol. The molecule has 6 heteroatoms. The predicted molar refractivity (Wildman–Crippen MR) is 101 cm³/mol. The van der Waals surface area contributed by atoms with Crippen LogP contribution in [-0.4, -0.2) is 15.9 Å². The molecule has 0 aliphatic rings. The van der Waals surface area contributed by atoms with Crippen molar-refractivity contribution >= 4 is 34.8 Å². The standard InChI is InChI=1S/C19H17ClN4O/c1-2-13-7-3-5-9-16(13)23-18(25)14-11-21-19(22-12-14)24-17-10-6-4-8-15(17)20/h3-12H,2H2,1H3,(H,23,25)(H,21,22,24). The second-order valence-corrected chi connectivity index (χ2v) is 5.77. The van der Waals surface area contributed by atoms with Gasteiger partial charge in [0.15, 0.2) is 0 Å². The zero-order valence-electron chi connectivity index (χ0n) is 13.7. The molecule has 126 valence electrons. The molecule has 0 aliphatic carbocycles. The van der Waals surface area contributed by atoms with Gasteiger partial charge in [-0.2, -0.15) is 0 Å². The molecule has 2 N–H and O–H groups in total. The number of nitrogens with one attached hydrogen (secondary N) is 2. The SMILES string of the molecule is CCc1ccccc1NC(=O)c1cnc(Nc2ccccc2Cl)nc1. The van der Waals surface area contributed by atoms with E-state index in [2.05, 4.69) is 20.6 Å². The summed E-state index contributed by atoms with van der Waals surface area (Å²) in [6, 6.07) is 15.0. The normalized spacial score (nSPS) is 10.3. The Bertz CT molecular complexity index is 881. The lowest BCUT2D eigenvalue weighted by atomic mass is 10.1. The number of hydrogen-bond donors (Lipinski definition) is 2. The molecule has 0 unspecified atom stereocenters. The molecule has 0 saturated heterocycles. The Morgan fingerprint density at radius 3 is 2.32 bits per heavy atom. The van der Waals surface area contributed by atoms with Gasteiger partial charge in [0, 0.05) is 18.1 Å². The van der Waals surface area contributed by atoms with Crippen molar-refractivity contribution in [2.24, 2.45) is 0 Å². The van der Waals surface area contributed by atoms with Gasteiger partial charge in [-0.1, -0.05) is 48.9 Å². The van der Waals surface area contributed by atoms with Crippen molar-refractivity contribution in [1.82, 2.24) is 9.97 Å². The number of carbonyl (C=O) groups is 1. The maximum Gasteiger partial charge on any atom is 0.258 e. The van der Waals surface area contributed by atoms with Crippen molar-refractivity contribution in [3.63, 3.8) is 0 Å². The fourth-order valence-corrected chi connectivity index (χ4v) is 2.52. The van der Waals surface area contributed by atoms with Gasteiger partial charge in [-0.3, -0.25) is 4.79 Å². The van der Waals surface area contributed by atoms with Crippen LogP contribution in [0.15, 0.2) is 60.9 Å². The minimum absolute atomic E-state index is 0.245. The summed E-state index contributed by atoms with van der Waals surface area (Å²) < 4.78 is 0. The molecule has 3 aromatic rings. The van der Waals surface area contributed by atoms with Gasteiger partial charge in [-0.25, -0.2) is 9.97 Å². The third-order valence-corrected chi connectivity index (χ3v) is 4.01. The zero-order chi connectivity index (χ0) is 17.6. The molecule has 1 heterocycles. The molecule has 0 bridgehead atoms. The van der Waals surface area contributed by atoms with Crippen molar-refractivity contribution in [2.75, 3.05) is 10.6 Å². The van der Waals surface area contributed by atoms with Crippen LogP contribution in [0.5, 0.6) is 0 Å². The summed E-state index contributed by atoms with van der Waals surface area (Å²) in [5.74, 6) is 0.129. The highest BCUT2D eigenvalue weighted by molar-refractivity contribution is 6.33. The number of aryl methyl sites for hydroxylation is 1. The smallest absolute Gasteiger partial charge is 0.258 e. The van der Waals surface area contributed by atoms with E-state index < -0.39 is 0 Å². The molecule has 0 atom stereocenters. The molecule has 0 aliphatic heterocycles. The van der Waals surface area contributed by atoms with Crippen LogP contribution >= 0.6 is 11.6 Å². The molecule has 1 aromatic heterocycles. The molecular formula is C19H17ClN4O. The number of aromatic nitrogens is 2. The van der Waals surface area contributed by atoms with E-state index in [-0.39, 0.29) is 5.91 Å². The number of para-hydroxylation sites is 2. The summed E-state index contributed by atoms with van der Waals surface area (Å²) in [6.07, 6.45) is 3.81. The lowest BCUT2D eigenvalue weighted by Gasteiger charge is -2.10. The summed E-state index contributed by atoms with van der Waals surface area (Å²) >= 11 is 6.09. The van der Waals surface area contributed by atoms with Crippen molar-refractivity contribution in [3.8, 4) is 0 Å². The molecule has 2 aromatic carbocycles. The number of halogens is 1. The van der Waals surface area contributed by atoms with Gasteiger partial charge in [-0.05, 0) is 30.2 Å². The molecule has 0 spiro atoms. The van der Waals surface area contributed by atoms with Gasteiger partial charge in [0.25, 0.3) is 5.91 Å². The van der Waals surface area contributed by atoms with Crippen LogP contribution in [-0.2, 0) is 6.42 Å². The van der Waals surface area contributed by atoms with Gasteiger partial charge in [0.1, 0.15) is 0 Å². The summed E-state index contributed by atoms with van der Waals surface area (Å²) in [7, 11) is 0. The van der Waals surface area contributed by atoms with E-state index in [0.29, 0.717) is 22.2 Å². The quantitative estimate of drug-likeness (QED) is 0.699. The van der Waals surface area contributed by atoms with Crippen molar-refractivity contribution in [3.05, 3.63) is 77.1 Å². The van der Waals surface area contributed by atoms with Crippen molar-refractivity contribution in [2.45, 2.75) is 13.3 Å². The summed E-state index contributed by atoms with van der Waals surface area (Å²) in [5.41, 5.74) is 2.97. The van der Waals surface area contributed by atoms with Crippen molar-refractivity contribution in [1.29, 1.82) is 0 Å². The Labute approximate surface area is 151 Å². The van der Waals surface area contributed by atoms with E-state index in [1.807, 2.05) is 49.4 Å². The first-order valence-electron chi connectivity index (χ1n) is 7.90. The van der Waals surface area contributed by atoms with Crippen LogP contribution in [0.3, 0.4) is 0 Å². The van der Waals surface area contributed by atoms with E-state index in [1.165, 1.54) is 12.4 Å². The first kappa shape index (κ1) is 16.9. The van der Waals surface area contributed by atoms with E-state index in [0.717, 1.165) is 17.7 Å². The predicted octanol–water partition coefficient (Wildman–Crippen LogP) is 4.69. The number of rotatable bonds is 5. The number of amides is 1. The van der Waals surface area contributed by atoms with E-state index >= 15 is 0 Å². The van der Waals surface area contributed by atoms with Gasteiger partial charge in [-0.15, -0.1) is 0 Å². The van der Waals surface area contributed by atoms with Crippen LogP contribution < -0.4 is 10.6 Å². The number of hydrogen-bond acceptors (Lipinski definition) is 4. The first-order valence-corrected chi connectivity index (χ1v) is 8.28. The minimum atomic E-state index is -0.245. The maximum atomic E-state index is 12.4. The van der Waals surface area contributed by atoms with Crippen LogP contribution in [0.4, 0.5) is 17.3 Å². The molecule has 1 amide bonds. The highest BCUT2D eigenvalue weighted by Crippen LogP contribution is 2.23. The average Bonchev–Trinajstić information content (AvgIpc) is 2.64. The van der Waals surface area contributed by atoms with Crippen LogP contribution in [0.1, 0.15) is 22.8 Å². The lowest BCUT2D eigenvalue weighted by Crippen LogP contribution is -2.14. The first-order chi connectivity index (χ1) is 12.2. The molecule has 25 heavy (non-hydrogen) atoms. The zero-order valence-corrected chi connectivity index (χ0v) is 14.4. The maximum absolute atomic E-state index is 12.4. The fourth-order valence-electron chi connectivity index (χ4n) is 2.34. The summed E-state index contributed by atoms with van der Waals surface area (Å²) in [6.45, 7) is 2.04. The third-order valence-electron chi connectivity index (χ3n) is 3.68. The van der Waals surface area contributed by atoms with Crippen LogP contribution in [0.25, 0.3) is 0 Å². The van der Waals surface area contributed by atoms with Gasteiger partial charge in [0.05, 0.1) is 16.3 Å². The Morgan fingerprint density at radius 2 is 1.64 bits per heavy atom. The molecule has 3 rings (SSSR count). The lowest BCUT2D eigenvalue weighted by molar-refractivity contribution is 0.102. The Balaban J connectivity index is 1.71. The number of benzene rings is 2. The molecule has 0 saturated carbocycles. The van der Waals surface area contributed by atoms with E-state index in [4.69, 9.17) is 11.6 Å². The largest absolute Gasteiger partial charge is 0.323 e. The van der Waals surface area contributed by atoms with Gasteiger partial charge < -0.3 is 10.6 Å². The molecule has 5 nitrogen and oxygen atoms in total. The van der Waals surface area contributed by atoms with Crippen molar-refractivity contribution < 1.29 is 4.79 Å². The number of anilines is 3. The van der Waals surface area contributed by atoms with Crippen LogP contribution in [0, 0.1) is 0 Å². The monoisotopic (exact) mass is 352 g/mol. The highest BCUT2D eigenvalue weighted by atomic mass is 35.5. The third kappa shape index (κ3) is 4.14. The number of nitrogens with zero attached hydrogens (tertiary/aromatic N) is 2. The van der Waals surface area contributed by atoms with E-state index in [9.17, 15) is 4.79 Å². The second kappa shape index (κ2) is 7.77. The molecule has 0 radical (unpaired) electrons. The van der Waals surface area contributed by atoms with Crippen LogP contribution in [0.2, 0.25) is 5.02 Å². The van der Waals surface area contributed by atoms with Gasteiger partial charge >= 0.3 is 0 Å². The fraction of sp³-hybridized carbons (Fsp3) is 0.105. The molecular weight excluding hydrogens is 336 g/mol. The summed E-state index contributed by atoms with van der Waals surface area (Å²) in [5, 5.41) is 6.49. The Morgan fingerprint density at radius 1 is 1.00 bits per heavy atom. The number of carbonyl (C=O) groups excluding carboxylic acids is 1. The molecule has 0 fully saturated rings. The Hall–Kier alpha value is -2.92. The Kier molecular flexibility index (Phi) is 5.26. The topological polar surface area (TPSA) is 66.9 Å². The van der Waals surface area contributed by atoms with E-state index in [1.54, 1.807) is 6.07 Å². The van der Waals surface area contributed by atoms with Gasteiger partial charge in [0.2, 0.25) is 5.95 Å².